The van der Waals surface area contributed by atoms with Crippen molar-refractivity contribution >= 4 is 28.4 Å². The molecule has 4 nitrogen and oxygen atoms in total. The lowest BCUT2D eigenvalue weighted by Crippen LogP contribution is -2.21. The summed E-state index contributed by atoms with van der Waals surface area (Å²) in [6.45, 7) is 6.16. The van der Waals surface area contributed by atoms with E-state index in [9.17, 15) is 9.59 Å². The van der Waals surface area contributed by atoms with E-state index in [4.69, 9.17) is 11.6 Å². The molecular formula is C25H21ClN2O2. The van der Waals surface area contributed by atoms with Gasteiger partial charge in [0.25, 0.3) is 0 Å². The fraction of sp³-hybridized carbons (Fsp3) is 0.160. The molecule has 0 saturated heterocycles. The Kier molecular flexibility index (Phi) is 5.27. The highest BCUT2D eigenvalue weighted by molar-refractivity contribution is 6.30. The SMILES string of the molecule is Cc1ccc(C)c(C(=O)c2cn(Cc3ccc(Cl)cc3)c3nc(C)ccc3c2=O)c1. The molecule has 2 aromatic heterocycles. The third-order valence-electron chi connectivity index (χ3n) is 5.21. The summed E-state index contributed by atoms with van der Waals surface area (Å²) in [6, 6.07) is 16.7. The maximum Gasteiger partial charge on any atom is 0.202 e. The molecule has 0 unspecified atom stereocenters. The number of pyridine rings is 2. The predicted molar refractivity (Wildman–Crippen MR) is 121 cm³/mol. The zero-order valence-electron chi connectivity index (χ0n) is 17.1. The van der Waals surface area contributed by atoms with Crippen LogP contribution >= 0.6 is 11.6 Å². The first-order chi connectivity index (χ1) is 14.3. The van der Waals surface area contributed by atoms with E-state index in [1.807, 2.05) is 67.8 Å². The number of benzene rings is 2. The van der Waals surface area contributed by atoms with Crippen molar-refractivity contribution in [2.75, 3.05) is 0 Å². The molecule has 0 bridgehead atoms. The summed E-state index contributed by atoms with van der Waals surface area (Å²) < 4.78 is 1.87. The van der Waals surface area contributed by atoms with Gasteiger partial charge in [-0.3, -0.25) is 9.59 Å². The number of ketones is 1. The molecule has 2 heterocycles. The van der Waals surface area contributed by atoms with Gasteiger partial charge in [-0.2, -0.15) is 0 Å². The number of hydrogen-bond donors (Lipinski definition) is 0. The van der Waals surface area contributed by atoms with Crippen LogP contribution in [0.3, 0.4) is 0 Å². The van der Waals surface area contributed by atoms with Crippen LogP contribution < -0.4 is 5.43 Å². The molecule has 4 rings (SSSR count). The van der Waals surface area contributed by atoms with Crippen LogP contribution in [0.1, 0.15) is 38.3 Å². The van der Waals surface area contributed by atoms with Gasteiger partial charge in [-0.15, -0.1) is 0 Å². The maximum absolute atomic E-state index is 13.3. The van der Waals surface area contributed by atoms with Crippen molar-refractivity contribution in [1.29, 1.82) is 0 Å². The largest absolute Gasteiger partial charge is 0.327 e. The van der Waals surface area contributed by atoms with Crippen LogP contribution in [0.5, 0.6) is 0 Å². The van der Waals surface area contributed by atoms with Crippen molar-refractivity contribution in [3.05, 3.63) is 110 Å². The Hall–Kier alpha value is -3.24. The minimum Gasteiger partial charge on any atom is -0.327 e. The zero-order chi connectivity index (χ0) is 21.4. The second kappa shape index (κ2) is 7.88. The first-order valence-electron chi connectivity index (χ1n) is 9.70. The van der Waals surface area contributed by atoms with Gasteiger partial charge in [0, 0.05) is 29.0 Å². The smallest absolute Gasteiger partial charge is 0.202 e. The van der Waals surface area contributed by atoms with Crippen LogP contribution in [0.15, 0.2) is 65.6 Å². The van der Waals surface area contributed by atoms with E-state index in [0.717, 1.165) is 22.4 Å². The number of carbonyl (C=O) groups excluding carboxylic acids is 1. The molecule has 0 radical (unpaired) electrons. The monoisotopic (exact) mass is 416 g/mol. The summed E-state index contributed by atoms with van der Waals surface area (Å²) >= 11 is 6.01. The van der Waals surface area contributed by atoms with Crippen molar-refractivity contribution in [1.82, 2.24) is 9.55 Å². The van der Waals surface area contributed by atoms with Crippen LogP contribution in [0, 0.1) is 20.8 Å². The molecule has 4 aromatic rings. The van der Waals surface area contributed by atoms with Crippen molar-refractivity contribution in [2.24, 2.45) is 0 Å². The van der Waals surface area contributed by atoms with E-state index in [1.54, 1.807) is 18.3 Å². The molecule has 150 valence electrons. The van der Waals surface area contributed by atoms with E-state index in [0.29, 0.717) is 28.2 Å². The van der Waals surface area contributed by atoms with Gasteiger partial charge in [0.15, 0.2) is 5.78 Å². The zero-order valence-corrected chi connectivity index (χ0v) is 17.8. The van der Waals surface area contributed by atoms with Crippen molar-refractivity contribution in [3.63, 3.8) is 0 Å². The summed E-state index contributed by atoms with van der Waals surface area (Å²) in [5.41, 5.74) is 4.58. The average Bonchev–Trinajstić information content (AvgIpc) is 2.73. The van der Waals surface area contributed by atoms with Gasteiger partial charge < -0.3 is 4.57 Å². The molecule has 0 spiro atoms. The number of nitrogens with zero attached hydrogens (tertiary/aromatic N) is 2. The Morgan fingerprint density at radius 3 is 2.43 bits per heavy atom. The molecular weight excluding hydrogens is 396 g/mol. The van der Waals surface area contributed by atoms with Gasteiger partial charge in [0.05, 0.1) is 10.9 Å². The Bertz CT molecular complexity index is 1340. The third kappa shape index (κ3) is 3.79. The van der Waals surface area contributed by atoms with Crippen LogP contribution in [-0.4, -0.2) is 15.3 Å². The van der Waals surface area contributed by atoms with Gasteiger partial charge in [0.2, 0.25) is 5.43 Å². The second-order valence-corrected chi connectivity index (χ2v) is 8.03. The predicted octanol–water partition coefficient (Wildman–Crippen LogP) is 5.25. The van der Waals surface area contributed by atoms with Gasteiger partial charge in [-0.25, -0.2) is 4.98 Å². The molecule has 0 atom stereocenters. The fourth-order valence-electron chi connectivity index (χ4n) is 3.55. The minimum absolute atomic E-state index is 0.149. The van der Waals surface area contributed by atoms with Gasteiger partial charge in [0.1, 0.15) is 5.65 Å². The Morgan fingerprint density at radius 1 is 0.967 bits per heavy atom. The van der Waals surface area contributed by atoms with E-state index in [-0.39, 0.29) is 16.8 Å². The standard InChI is InChI=1S/C25H21ClN2O2/c1-15-4-5-16(2)21(12-15)24(30)22-14-28(13-18-7-9-19(26)10-8-18)25-20(23(22)29)11-6-17(3)27-25/h4-12,14H,13H2,1-3H3. The quantitative estimate of drug-likeness (QED) is 0.427. The number of aromatic nitrogens is 2. The van der Waals surface area contributed by atoms with E-state index >= 15 is 0 Å². The molecule has 0 amide bonds. The lowest BCUT2D eigenvalue weighted by molar-refractivity contribution is 0.103. The first kappa shape index (κ1) is 20.0. The molecule has 0 aliphatic heterocycles. The second-order valence-electron chi connectivity index (χ2n) is 7.60. The average molecular weight is 417 g/mol. The van der Waals surface area contributed by atoms with Gasteiger partial charge in [-0.1, -0.05) is 41.4 Å². The van der Waals surface area contributed by atoms with Crippen LogP contribution in [0.2, 0.25) is 5.02 Å². The first-order valence-corrected chi connectivity index (χ1v) is 10.1. The molecule has 30 heavy (non-hydrogen) atoms. The third-order valence-corrected chi connectivity index (χ3v) is 5.46. The highest BCUT2D eigenvalue weighted by Crippen LogP contribution is 2.19. The maximum atomic E-state index is 13.3. The summed E-state index contributed by atoms with van der Waals surface area (Å²) in [5.74, 6) is -0.270. The number of halogens is 1. The number of rotatable bonds is 4. The Balaban J connectivity index is 1.92. The van der Waals surface area contributed by atoms with Crippen molar-refractivity contribution in [2.45, 2.75) is 27.3 Å². The van der Waals surface area contributed by atoms with Crippen LogP contribution in [-0.2, 0) is 6.54 Å². The summed E-state index contributed by atoms with van der Waals surface area (Å²) in [6.07, 6.45) is 1.63. The van der Waals surface area contributed by atoms with Crippen molar-refractivity contribution < 1.29 is 4.79 Å². The minimum atomic E-state index is -0.296. The molecule has 0 fully saturated rings. The summed E-state index contributed by atoms with van der Waals surface area (Å²) in [7, 11) is 0. The molecule has 0 aliphatic rings. The van der Waals surface area contributed by atoms with Crippen molar-refractivity contribution in [3.8, 4) is 0 Å². The summed E-state index contributed by atoms with van der Waals surface area (Å²) in [4.78, 5) is 31.1. The number of fused-ring (bicyclic) bond motifs is 1. The number of aryl methyl sites for hydroxylation is 3. The molecule has 0 saturated carbocycles. The highest BCUT2D eigenvalue weighted by atomic mass is 35.5. The summed E-state index contributed by atoms with van der Waals surface area (Å²) in [5, 5.41) is 1.09. The normalized spacial score (nSPS) is 11.1. The lowest BCUT2D eigenvalue weighted by Gasteiger charge is -2.14. The van der Waals surface area contributed by atoms with Crippen LogP contribution in [0.4, 0.5) is 0 Å². The van der Waals surface area contributed by atoms with E-state index < -0.39 is 0 Å². The molecule has 0 aliphatic carbocycles. The topological polar surface area (TPSA) is 52.0 Å². The lowest BCUT2D eigenvalue weighted by atomic mass is 9.97. The van der Waals surface area contributed by atoms with E-state index in [2.05, 4.69) is 4.98 Å². The Labute approximate surface area is 179 Å². The highest BCUT2D eigenvalue weighted by Gasteiger charge is 2.19. The van der Waals surface area contributed by atoms with E-state index in [1.165, 1.54) is 0 Å². The number of carbonyl (C=O) groups is 1. The molecule has 0 N–H and O–H groups in total. The fourth-order valence-corrected chi connectivity index (χ4v) is 3.68. The van der Waals surface area contributed by atoms with Crippen LogP contribution in [0.25, 0.3) is 11.0 Å². The molecule has 2 aromatic carbocycles. The van der Waals surface area contributed by atoms with Gasteiger partial charge in [-0.05, 0) is 62.2 Å². The number of hydrogen-bond acceptors (Lipinski definition) is 3. The Morgan fingerprint density at radius 2 is 1.70 bits per heavy atom. The molecule has 5 heteroatoms. The van der Waals surface area contributed by atoms with Gasteiger partial charge >= 0.3 is 0 Å².